The molecule has 2 nitrogen and oxygen atoms in total. The molecule has 1 aliphatic rings. The molecule has 1 unspecified atom stereocenters. The number of nitrogens with one attached hydrogen (secondary N) is 1. The van der Waals surface area contributed by atoms with Gasteiger partial charge >= 0.3 is 0 Å². The summed E-state index contributed by atoms with van der Waals surface area (Å²) in [5.41, 5.74) is 2.48. The number of methoxy groups -OCH3 is 1. The molecular weight excluding hydrogens is 198 g/mol. The molecule has 16 heavy (non-hydrogen) atoms. The summed E-state index contributed by atoms with van der Waals surface area (Å²) in [5, 5.41) is 3.58. The zero-order valence-electron chi connectivity index (χ0n) is 10.4. The van der Waals surface area contributed by atoms with Crippen LogP contribution in [0.4, 0.5) is 5.69 Å². The molecule has 2 heteroatoms. The molecule has 1 N–H and O–H groups in total. The number of benzene rings is 1. The monoisotopic (exact) mass is 219 g/mol. The van der Waals surface area contributed by atoms with Crippen molar-refractivity contribution >= 4 is 5.69 Å². The number of ether oxygens (including phenoxy) is 1. The largest absolute Gasteiger partial charge is 0.497 e. The fourth-order valence-electron chi connectivity index (χ4n) is 2.10. The topological polar surface area (TPSA) is 21.3 Å². The van der Waals surface area contributed by atoms with Crippen molar-refractivity contribution < 1.29 is 4.74 Å². The van der Waals surface area contributed by atoms with Gasteiger partial charge in [0.1, 0.15) is 5.75 Å². The van der Waals surface area contributed by atoms with Gasteiger partial charge in [-0.2, -0.15) is 0 Å². The van der Waals surface area contributed by atoms with Crippen molar-refractivity contribution in [3.63, 3.8) is 0 Å². The Hall–Kier alpha value is -1.18. The number of hydrogen-bond acceptors (Lipinski definition) is 2. The maximum Gasteiger partial charge on any atom is 0.119 e. The van der Waals surface area contributed by atoms with Gasteiger partial charge in [-0.05, 0) is 49.9 Å². The molecule has 0 aromatic heterocycles. The van der Waals surface area contributed by atoms with Crippen LogP contribution in [0.2, 0.25) is 0 Å². The number of anilines is 1. The summed E-state index contributed by atoms with van der Waals surface area (Å²) in [5.74, 6) is 1.90. The Morgan fingerprint density at radius 1 is 1.44 bits per heavy atom. The first-order valence-electron chi connectivity index (χ1n) is 6.10. The minimum absolute atomic E-state index is 0.569. The highest BCUT2D eigenvalue weighted by Crippen LogP contribution is 2.34. The summed E-state index contributed by atoms with van der Waals surface area (Å²) in [6.07, 6.45) is 4.15. The summed E-state index contributed by atoms with van der Waals surface area (Å²) in [4.78, 5) is 0. The van der Waals surface area contributed by atoms with Gasteiger partial charge in [0, 0.05) is 11.7 Å². The molecule has 1 aliphatic carbocycles. The number of rotatable bonds is 5. The van der Waals surface area contributed by atoms with E-state index in [9.17, 15) is 0 Å². The summed E-state index contributed by atoms with van der Waals surface area (Å²) in [6.45, 7) is 4.39. The lowest BCUT2D eigenvalue weighted by molar-refractivity contribution is 0.414. The first-order chi connectivity index (χ1) is 7.69. The third-order valence-electron chi connectivity index (χ3n) is 3.22. The van der Waals surface area contributed by atoms with E-state index in [0.717, 1.165) is 11.7 Å². The minimum Gasteiger partial charge on any atom is -0.497 e. The van der Waals surface area contributed by atoms with Crippen molar-refractivity contribution in [3.05, 3.63) is 23.8 Å². The summed E-state index contributed by atoms with van der Waals surface area (Å²) in [7, 11) is 1.71. The highest BCUT2D eigenvalue weighted by atomic mass is 16.5. The Bertz CT molecular complexity index is 358. The molecule has 0 radical (unpaired) electrons. The number of aryl methyl sites for hydroxylation is 1. The molecule has 0 saturated heterocycles. The average molecular weight is 219 g/mol. The van der Waals surface area contributed by atoms with Gasteiger partial charge in [-0.25, -0.2) is 0 Å². The van der Waals surface area contributed by atoms with Crippen LogP contribution >= 0.6 is 0 Å². The first kappa shape index (κ1) is 11.3. The molecule has 0 heterocycles. The van der Waals surface area contributed by atoms with Crippen LogP contribution in [0.25, 0.3) is 0 Å². The summed E-state index contributed by atoms with van der Waals surface area (Å²) >= 11 is 0. The van der Waals surface area contributed by atoms with Gasteiger partial charge in [-0.15, -0.1) is 0 Å². The van der Waals surface area contributed by atoms with E-state index in [0.29, 0.717) is 6.04 Å². The normalized spacial score (nSPS) is 16.9. The van der Waals surface area contributed by atoms with Gasteiger partial charge < -0.3 is 10.1 Å². The molecule has 1 atom stereocenters. The van der Waals surface area contributed by atoms with E-state index >= 15 is 0 Å². The van der Waals surface area contributed by atoms with Gasteiger partial charge in [0.15, 0.2) is 0 Å². The summed E-state index contributed by atoms with van der Waals surface area (Å²) < 4.78 is 5.20. The number of hydrogen-bond donors (Lipinski definition) is 1. The van der Waals surface area contributed by atoms with Crippen LogP contribution in [0.5, 0.6) is 5.75 Å². The highest BCUT2D eigenvalue weighted by Gasteiger charge is 2.23. The standard InChI is InChI=1S/C14H21NO/c1-10-8-13(16-3)6-7-14(10)15-11(2)9-12-4-5-12/h6-8,11-12,15H,4-5,9H2,1-3H3. The molecule has 1 saturated carbocycles. The Labute approximate surface area is 98.0 Å². The maximum absolute atomic E-state index is 5.20. The van der Waals surface area contributed by atoms with Gasteiger partial charge in [-0.1, -0.05) is 12.8 Å². The molecule has 1 fully saturated rings. The predicted octanol–water partition coefficient (Wildman–Crippen LogP) is 3.60. The first-order valence-corrected chi connectivity index (χ1v) is 6.10. The Morgan fingerprint density at radius 3 is 2.75 bits per heavy atom. The minimum atomic E-state index is 0.569. The third kappa shape index (κ3) is 2.91. The fourth-order valence-corrected chi connectivity index (χ4v) is 2.10. The van der Waals surface area contributed by atoms with Crippen LogP contribution in [0, 0.1) is 12.8 Å². The van der Waals surface area contributed by atoms with Crippen molar-refractivity contribution in [2.45, 2.75) is 39.2 Å². The average Bonchev–Trinajstić information content (AvgIpc) is 3.05. The molecule has 0 aliphatic heterocycles. The Balaban J connectivity index is 1.96. The molecule has 0 spiro atoms. The lowest BCUT2D eigenvalue weighted by Crippen LogP contribution is -2.16. The Kier molecular flexibility index (Phi) is 3.37. The van der Waals surface area contributed by atoms with Crippen LogP contribution in [-0.4, -0.2) is 13.2 Å². The van der Waals surface area contributed by atoms with Crippen LogP contribution in [-0.2, 0) is 0 Å². The summed E-state index contributed by atoms with van der Waals surface area (Å²) in [6, 6.07) is 6.77. The van der Waals surface area contributed by atoms with Crippen molar-refractivity contribution in [1.82, 2.24) is 0 Å². The van der Waals surface area contributed by atoms with Crippen LogP contribution < -0.4 is 10.1 Å². The van der Waals surface area contributed by atoms with Gasteiger partial charge in [-0.3, -0.25) is 0 Å². The Morgan fingerprint density at radius 2 is 2.19 bits per heavy atom. The van der Waals surface area contributed by atoms with Gasteiger partial charge in [0.25, 0.3) is 0 Å². The van der Waals surface area contributed by atoms with E-state index in [4.69, 9.17) is 4.74 Å². The van der Waals surface area contributed by atoms with Crippen LogP contribution in [0.3, 0.4) is 0 Å². The second-order valence-electron chi connectivity index (χ2n) is 4.91. The molecular formula is C14H21NO. The molecule has 2 rings (SSSR count). The highest BCUT2D eigenvalue weighted by molar-refractivity contribution is 5.54. The van der Waals surface area contributed by atoms with Gasteiger partial charge in [0.2, 0.25) is 0 Å². The maximum atomic E-state index is 5.20. The smallest absolute Gasteiger partial charge is 0.119 e. The van der Waals surface area contributed by atoms with E-state index in [1.165, 1.54) is 30.5 Å². The van der Waals surface area contributed by atoms with Crippen molar-refractivity contribution in [1.29, 1.82) is 0 Å². The quantitative estimate of drug-likeness (QED) is 0.817. The van der Waals surface area contributed by atoms with Crippen molar-refractivity contribution in [2.75, 3.05) is 12.4 Å². The lowest BCUT2D eigenvalue weighted by Gasteiger charge is -2.17. The molecule has 88 valence electrons. The third-order valence-corrected chi connectivity index (χ3v) is 3.22. The van der Waals surface area contributed by atoms with E-state index in [-0.39, 0.29) is 0 Å². The van der Waals surface area contributed by atoms with Gasteiger partial charge in [0.05, 0.1) is 7.11 Å². The van der Waals surface area contributed by atoms with E-state index in [1.54, 1.807) is 7.11 Å². The van der Waals surface area contributed by atoms with Crippen molar-refractivity contribution in [2.24, 2.45) is 5.92 Å². The molecule has 0 amide bonds. The van der Waals surface area contributed by atoms with Crippen molar-refractivity contribution in [3.8, 4) is 5.75 Å². The second-order valence-corrected chi connectivity index (χ2v) is 4.91. The van der Waals surface area contributed by atoms with E-state index in [1.807, 2.05) is 6.07 Å². The van der Waals surface area contributed by atoms with Crippen LogP contribution in [0.15, 0.2) is 18.2 Å². The fraction of sp³-hybridized carbons (Fsp3) is 0.571. The molecule has 1 aromatic carbocycles. The van der Waals surface area contributed by atoms with Crippen LogP contribution in [0.1, 0.15) is 31.7 Å². The zero-order chi connectivity index (χ0) is 11.5. The predicted molar refractivity (Wildman–Crippen MR) is 68.2 cm³/mol. The SMILES string of the molecule is COc1ccc(NC(C)CC2CC2)c(C)c1. The van der Waals surface area contributed by atoms with E-state index in [2.05, 4.69) is 31.3 Å². The molecule has 0 bridgehead atoms. The van der Waals surface area contributed by atoms with E-state index < -0.39 is 0 Å². The molecule has 1 aromatic rings. The zero-order valence-corrected chi connectivity index (χ0v) is 10.4. The lowest BCUT2D eigenvalue weighted by atomic mass is 10.1. The second kappa shape index (κ2) is 4.77.